The van der Waals surface area contributed by atoms with Gasteiger partial charge in [-0.2, -0.15) is 0 Å². The zero-order chi connectivity index (χ0) is 11.6. The summed E-state index contributed by atoms with van der Waals surface area (Å²) in [5.74, 6) is 0.380. The molecule has 0 aliphatic carbocycles. The summed E-state index contributed by atoms with van der Waals surface area (Å²) in [5, 5.41) is 3.38. The molecule has 1 unspecified atom stereocenters. The van der Waals surface area contributed by atoms with Crippen LogP contribution in [0.1, 0.15) is 19.8 Å². The van der Waals surface area contributed by atoms with E-state index >= 15 is 0 Å². The van der Waals surface area contributed by atoms with E-state index in [4.69, 9.17) is 4.74 Å². The van der Waals surface area contributed by atoms with Crippen LogP contribution in [-0.4, -0.2) is 50.7 Å². The van der Waals surface area contributed by atoms with Gasteiger partial charge in [0.15, 0.2) is 0 Å². The van der Waals surface area contributed by atoms with Crippen LogP contribution < -0.4 is 5.32 Å². The van der Waals surface area contributed by atoms with Gasteiger partial charge in [0, 0.05) is 25.6 Å². The van der Waals surface area contributed by atoms with Crippen molar-refractivity contribution in [3.8, 4) is 0 Å². The van der Waals surface area contributed by atoms with Gasteiger partial charge in [0.25, 0.3) is 0 Å². The number of nitrogens with one attached hydrogen (secondary N) is 1. The summed E-state index contributed by atoms with van der Waals surface area (Å²) in [6.45, 7) is 6.46. The standard InChI is InChI=1S/C12H22N2O2.ClH/c1-3-14-9-12(4-6-13-7-5-12)10(8-16-2)11(14)15;/h10,13H,3-9H2,1-2H3;1H. The maximum atomic E-state index is 12.2. The summed E-state index contributed by atoms with van der Waals surface area (Å²) < 4.78 is 5.25. The first-order valence-electron chi connectivity index (χ1n) is 6.22. The second-order valence-electron chi connectivity index (χ2n) is 4.97. The maximum absolute atomic E-state index is 12.2. The molecule has 2 rings (SSSR count). The molecule has 0 aromatic carbocycles. The molecule has 2 saturated heterocycles. The number of likely N-dealkylation sites (tertiary alicyclic amines) is 1. The lowest BCUT2D eigenvalue weighted by Gasteiger charge is -2.37. The van der Waals surface area contributed by atoms with E-state index in [1.165, 1.54) is 0 Å². The molecular formula is C12H23ClN2O2. The Morgan fingerprint density at radius 2 is 2.12 bits per heavy atom. The number of carbonyl (C=O) groups is 1. The molecule has 0 radical (unpaired) electrons. The Labute approximate surface area is 109 Å². The van der Waals surface area contributed by atoms with Crippen LogP contribution in [0.15, 0.2) is 0 Å². The highest BCUT2D eigenvalue weighted by Gasteiger charge is 2.51. The molecule has 17 heavy (non-hydrogen) atoms. The molecule has 5 heteroatoms. The van der Waals surface area contributed by atoms with Crippen LogP contribution in [0, 0.1) is 11.3 Å². The lowest BCUT2D eigenvalue weighted by atomic mass is 9.71. The third-order valence-electron chi connectivity index (χ3n) is 4.17. The molecule has 4 nitrogen and oxygen atoms in total. The molecular weight excluding hydrogens is 240 g/mol. The molecule has 1 N–H and O–H groups in total. The van der Waals surface area contributed by atoms with E-state index in [-0.39, 0.29) is 23.7 Å². The SMILES string of the molecule is CCN1CC2(CCNCC2)C(COC)C1=O.Cl. The lowest BCUT2D eigenvalue weighted by molar-refractivity contribution is -0.133. The van der Waals surface area contributed by atoms with Crippen molar-refractivity contribution in [3.05, 3.63) is 0 Å². The van der Waals surface area contributed by atoms with Crippen LogP contribution in [0.5, 0.6) is 0 Å². The van der Waals surface area contributed by atoms with E-state index in [1.54, 1.807) is 7.11 Å². The molecule has 1 atom stereocenters. The zero-order valence-corrected chi connectivity index (χ0v) is 11.5. The smallest absolute Gasteiger partial charge is 0.228 e. The van der Waals surface area contributed by atoms with Gasteiger partial charge in [0.1, 0.15) is 0 Å². The minimum atomic E-state index is 0. The normalized spacial score (nSPS) is 27.3. The van der Waals surface area contributed by atoms with Gasteiger partial charge in [-0.3, -0.25) is 4.79 Å². The zero-order valence-electron chi connectivity index (χ0n) is 10.7. The molecule has 2 heterocycles. The number of hydrogen-bond donors (Lipinski definition) is 1. The number of nitrogens with zero attached hydrogens (tertiary/aromatic N) is 1. The maximum Gasteiger partial charge on any atom is 0.228 e. The van der Waals surface area contributed by atoms with Gasteiger partial charge >= 0.3 is 0 Å². The van der Waals surface area contributed by atoms with Crippen molar-refractivity contribution in [2.45, 2.75) is 19.8 Å². The number of rotatable bonds is 3. The largest absolute Gasteiger partial charge is 0.384 e. The summed E-state index contributed by atoms with van der Waals surface area (Å²) in [6.07, 6.45) is 2.20. The summed E-state index contributed by atoms with van der Waals surface area (Å²) in [6, 6.07) is 0. The van der Waals surface area contributed by atoms with E-state index in [2.05, 4.69) is 12.2 Å². The molecule has 0 aromatic heterocycles. The average Bonchev–Trinajstić information content (AvgIpc) is 2.56. The van der Waals surface area contributed by atoms with Gasteiger partial charge in [-0.1, -0.05) is 0 Å². The van der Waals surface area contributed by atoms with E-state index < -0.39 is 0 Å². The van der Waals surface area contributed by atoms with Crippen molar-refractivity contribution < 1.29 is 9.53 Å². The van der Waals surface area contributed by atoms with Crippen molar-refractivity contribution in [2.24, 2.45) is 11.3 Å². The van der Waals surface area contributed by atoms with Crippen LogP contribution >= 0.6 is 12.4 Å². The van der Waals surface area contributed by atoms with Crippen molar-refractivity contribution in [3.63, 3.8) is 0 Å². The number of piperidine rings is 1. The first kappa shape index (κ1) is 14.7. The molecule has 1 spiro atoms. The first-order valence-corrected chi connectivity index (χ1v) is 6.22. The lowest BCUT2D eigenvalue weighted by Crippen LogP contribution is -2.43. The molecule has 2 aliphatic heterocycles. The third-order valence-corrected chi connectivity index (χ3v) is 4.17. The summed E-state index contributed by atoms with van der Waals surface area (Å²) in [5.41, 5.74) is 0.175. The number of halogens is 1. The van der Waals surface area contributed by atoms with Gasteiger partial charge in [-0.05, 0) is 32.9 Å². The van der Waals surface area contributed by atoms with E-state index in [0.29, 0.717) is 12.5 Å². The monoisotopic (exact) mass is 262 g/mol. The molecule has 2 aliphatic rings. The van der Waals surface area contributed by atoms with Crippen molar-refractivity contribution in [2.75, 3.05) is 39.9 Å². The highest BCUT2D eigenvalue weighted by Crippen LogP contribution is 2.43. The second kappa shape index (κ2) is 6.03. The van der Waals surface area contributed by atoms with Gasteiger partial charge in [0.2, 0.25) is 5.91 Å². The van der Waals surface area contributed by atoms with Crippen LogP contribution in [0.4, 0.5) is 0 Å². The fraction of sp³-hybridized carbons (Fsp3) is 0.917. The Hall–Kier alpha value is -0.320. The first-order chi connectivity index (χ1) is 7.73. The second-order valence-corrected chi connectivity index (χ2v) is 4.97. The average molecular weight is 263 g/mol. The number of amides is 1. The Balaban J connectivity index is 0.00000144. The van der Waals surface area contributed by atoms with Crippen LogP contribution in [0.25, 0.3) is 0 Å². The highest BCUT2D eigenvalue weighted by atomic mass is 35.5. The Kier molecular flexibility index (Phi) is 5.22. The Bertz CT molecular complexity index is 267. The number of methoxy groups -OCH3 is 1. The summed E-state index contributed by atoms with van der Waals surface area (Å²) in [4.78, 5) is 14.2. The minimum absolute atomic E-state index is 0. The van der Waals surface area contributed by atoms with E-state index in [0.717, 1.165) is 39.0 Å². The van der Waals surface area contributed by atoms with Gasteiger partial charge in [-0.15, -0.1) is 12.4 Å². The molecule has 100 valence electrons. The quantitative estimate of drug-likeness (QED) is 0.822. The molecule has 0 aromatic rings. The highest BCUT2D eigenvalue weighted by molar-refractivity contribution is 5.85. The fourth-order valence-electron chi connectivity index (χ4n) is 3.16. The number of carbonyl (C=O) groups excluding carboxylic acids is 1. The predicted octanol–water partition coefficient (Wildman–Crippen LogP) is 0.903. The van der Waals surface area contributed by atoms with E-state index in [1.807, 2.05) is 4.90 Å². The molecule has 0 bridgehead atoms. The van der Waals surface area contributed by atoms with Crippen molar-refractivity contribution >= 4 is 18.3 Å². The van der Waals surface area contributed by atoms with Crippen molar-refractivity contribution in [1.29, 1.82) is 0 Å². The third kappa shape index (κ3) is 2.59. The minimum Gasteiger partial charge on any atom is -0.384 e. The van der Waals surface area contributed by atoms with Gasteiger partial charge < -0.3 is 15.0 Å². The van der Waals surface area contributed by atoms with E-state index in [9.17, 15) is 4.79 Å². The molecule has 2 fully saturated rings. The number of ether oxygens (including phenoxy) is 1. The fourth-order valence-corrected chi connectivity index (χ4v) is 3.16. The predicted molar refractivity (Wildman–Crippen MR) is 69.4 cm³/mol. The Morgan fingerprint density at radius 1 is 1.47 bits per heavy atom. The van der Waals surface area contributed by atoms with Crippen LogP contribution in [0.2, 0.25) is 0 Å². The summed E-state index contributed by atoms with van der Waals surface area (Å²) in [7, 11) is 1.69. The van der Waals surface area contributed by atoms with Gasteiger partial charge in [-0.25, -0.2) is 0 Å². The van der Waals surface area contributed by atoms with Crippen LogP contribution in [-0.2, 0) is 9.53 Å². The number of hydrogen-bond acceptors (Lipinski definition) is 3. The molecule has 1 amide bonds. The van der Waals surface area contributed by atoms with Gasteiger partial charge in [0.05, 0.1) is 12.5 Å². The molecule has 0 saturated carbocycles. The Morgan fingerprint density at radius 3 is 2.65 bits per heavy atom. The van der Waals surface area contributed by atoms with Crippen molar-refractivity contribution in [1.82, 2.24) is 10.2 Å². The summed E-state index contributed by atoms with van der Waals surface area (Å²) >= 11 is 0. The topological polar surface area (TPSA) is 41.6 Å². The van der Waals surface area contributed by atoms with Crippen LogP contribution in [0.3, 0.4) is 0 Å².